The van der Waals surface area contributed by atoms with Crippen molar-refractivity contribution in [3.63, 3.8) is 0 Å². The summed E-state index contributed by atoms with van der Waals surface area (Å²) in [7, 11) is 0. The van der Waals surface area contributed by atoms with Crippen LogP contribution in [0.2, 0.25) is 0 Å². The summed E-state index contributed by atoms with van der Waals surface area (Å²) in [6.07, 6.45) is 2.44. The highest BCUT2D eigenvalue weighted by molar-refractivity contribution is 7.13. The molecule has 6 heteroatoms. The van der Waals surface area contributed by atoms with Crippen LogP contribution in [0.4, 0.5) is 5.69 Å². The first kappa shape index (κ1) is 12.8. The third-order valence-electron chi connectivity index (χ3n) is 2.92. The van der Waals surface area contributed by atoms with Gasteiger partial charge in [-0.2, -0.15) is 4.98 Å². The van der Waals surface area contributed by atoms with E-state index in [2.05, 4.69) is 39.5 Å². The molecule has 0 aliphatic carbocycles. The number of hydrogen-bond acceptors (Lipinski definition) is 6. The molecule has 0 saturated heterocycles. The summed E-state index contributed by atoms with van der Waals surface area (Å²) >= 11 is 1.50. The van der Waals surface area contributed by atoms with Crippen LogP contribution in [0.25, 0.3) is 10.7 Å². The molecular weight excluding hydrogens is 272 g/mol. The second kappa shape index (κ2) is 5.83. The third-order valence-corrected chi connectivity index (χ3v) is 3.69. The smallest absolute Gasteiger partial charge is 0.228 e. The van der Waals surface area contributed by atoms with Crippen LogP contribution in [0.5, 0.6) is 0 Å². The molecule has 0 fully saturated rings. The minimum Gasteiger partial charge on any atom is -0.384 e. The number of nitrogens with zero attached hydrogens (tertiary/aromatic N) is 3. The molecule has 3 rings (SSSR count). The van der Waals surface area contributed by atoms with Crippen LogP contribution in [0, 0.1) is 6.92 Å². The largest absolute Gasteiger partial charge is 0.384 e. The van der Waals surface area contributed by atoms with Crippen molar-refractivity contribution in [1.82, 2.24) is 15.1 Å². The van der Waals surface area contributed by atoms with Crippen molar-refractivity contribution >= 4 is 17.0 Å². The predicted molar refractivity (Wildman–Crippen MR) is 78.8 cm³/mol. The number of anilines is 1. The highest BCUT2D eigenvalue weighted by atomic mass is 32.1. The van der Waals surface area contributed by atoms with Gasteiger partial charge >= 0.3 is 0 Å². The molecule has 0 bridgehead atoms. The van der Waals surface area contributed by atoms with Crippen molar-refractivity contribution in [2.45, 2.75) is 13.3 Å². The van der Waals surface area contributed by atoms with Gasteiger partial charge in [0, 0.05) is 24.8 Å². The summed E-state index contributed by atoms with van der Waals surface area (Å²) in [6, 6.07) is 8.19. The van der Waals surface area contributed by atoms with E-state index >= 15 is 0 Å². The maximum absolute atomic E-state index is 5.23. The van der Waals surface area contributed by atoms with Gasteiger partial charge in [0.15, 0.2) is 0 Å². The van der Waals surface area contributed by atoms with Crippen molar-refractivity contribution in [3.05, 3.63) is 47.4 Å². The number of nitrogens with one attached hydrogen (secondary N) is 1. The molecule has 0 aliphatic heterocycles. The Morgan fingerprint density at radius 3 is 3.00 bits per heavy atom. The molecule has 2 heterocycles. The number of aryl methyl sites for hydroxylation is 1. The Labute approximate surface area is 120 Å². The number of para-hydroxylation sites is 1. The average molecular weight is 286 g/mol. The van der Waals surface area contributed by atoms with Crippen molar-refractivity contribution in [2.24, 2.45) is 0 Å². The summed E-state index contributed by atoms with van der Waals surface area (Å²) in [5.41, 5.74) is 4.11. The summed E-state index contributed by atoms with van der Waals surface area (Å²) in [5, 5.41) is 7.33. The van der Waals surface area contributed by atoms with Gasteiger partial charge in [-0.25, -0.2) is 0 Å². The van der Waals surface area contributed by atoms with Crippen LogP contribution in [0.15, 0.2) is 40.5 Å². The normalized spacial score (nSPS) is 10.7. The summed E-state index contributed by atoms with van der Waals surface area (Å²) in [4.78, 5) is 9.29. The zero-order valence-electron chi connectivity index (χ0n) is 11.0. The molecule has 0 saturated carbocycles. The second-order valence-corrected chi connectivity index (χ2v) is 5.26. The molecule has 5 nitrogen and oxygen atoms in total. The van der Waals surface area contributed by atoms with Crippen LogP contribution < -0.4 is 5.32 Å². The number of aromatic nitrogens is 3. The molecule has 1 aromatic carbocycles. The van der Waals surface area contributed by atoms with E-state index in [9.17, 15) is 0 Å². The Kier molecular flexibility index (Phi) is 3.73. The Bertz CT molecular complexity index is 678. The van der Waals surface area contributed by atoms with Crippen molar-refractivity contribution in [3.8, 4) is 10.7 Å². The van der Waals surface area contributed by atoms with Gasteiger partial charge in [-0.1, -0.05) is 23.4 Å². The first-order chi connectivity index (χ1) is 9.83. The molecule has 1 N–H and O–H groups in total. The summed E-state index contributed by atoms with van der Waals surface area (Å²) in [6.45, 7) is 2.84. The van der Waals surface area contributed by atoms with E-state index in [1.165, 1.54) is 16.9 Å². The van der Waals surface area contributed by atoms with Gasteiger partial charge in [0.05, 0.1) is 10.4 Å². The van der Waals surface area contributed by atoms with E-state index in [-0.39, 0.29) is 0 Å². The summed E-state index contributed by atoms with van der Waals surface area (Å²) in [5.74, 6) is 1.24. The number of thiazole rings is 1. The second-order valence-electron chi connectivity index (χ2n) is 4.37. The van der Waals surface area contributed by atoms with E-state index in [0.717, 1.165) is 17.1 Å². The number of rotatable bonds is 5. The highest BCUT2D eigenvalue weighted by Crippen LogP contribution is 2.19. The van der Waals surface area contributed by atoms with Crippen LogP contribution in [-0.4, -0.2) is 21.7 Å². The van der Waals surface area contributed by atoms with Crippen LogP contribution >= 0.6 is 11.3 Å². The zero-order chi connectivity index (χ0) is 13.8. The average Bonchev–Trinajstić information content (AvgIpc) is 3.11. The van der Waals surface area contributed by atoms with Gasteiger partial charge in [0.1, 0.15) is 0 Å². The lowest BCUT2D eigenvalue weighted by molar-refractivity contribution is 0.381. The zero-order valence-corrected chi connectivity index (χ0v) is 11.9. The Morgan fingerprint density at radius 1 is 1.30 bits per heavy atom. The fourth-order valence-electron chi connectivity index (χ4n) is 1.86. The number of benzene rings is 1. The maximum Gasteiger partial charge on any atom is 0.228 e. The van der Waals surface area contributed by atoms with E-state index in [1.54, 1.807) is 11.7 Å². The fourth-order valence-corrected chi connectivity index (χ4v) is 2.40. The van der Waals surface area contributed by atoms with E-state index < -0.39 is 0 Å². The third kappa shape index (κ3) is 2.85. The molecule has 0 aliphatic rings. The lowest BCUT2D eigenvalue weighted by atomic mass is 10.2. The Balaban J connectivity index is 1.58. The fraction of sp³-hybridized carbons (Fsp3) is 0.214. The summed E-state index contributed by atoms with van der Waals surface area (Å²) < 4.78 is 5.23. The van der Waals surface area contributed by atoms with Gasteiger partial charge in [0.25, 0.3) is 0 Å². The minimum absolute atomic E-state index is 0.610. The molecular formula is C14H14N4OS. The topological polar surface area (TPSA) is 63.8 Å². The lowest BCUT2D eigenvalue weighted by Crippen LogP contribution is -2.06. The van der Waals surface area contributed by atoms with Crippen molar-refractivity contribution in [1.29, 1.82) is 0 Å². The van der Waals surface area contributed by atoms with Gasteiger partial charge < -0.3 is 9.84 Å². The molecule has 0 spiro atoms. The molecule has 20 heavy (non-hydrogen) atoms. The Morgan fingerprint density at radius 2 is 2.20 bits per heavy atom. The predicted octanol–water partition coefficient (Wildman–Crippen LogP) is 3.16. The van der Waals surface area contributed by atoms with Gasteiger partial charge in [-0.05, 0) is 18.6 Å². The molecule has 0 amide bonds. The number of hydrogen-bond donors (Lipinski definition) is 1. The molecule has 0 atom stereocenters. The van der Waals surface area contributed by atoms with E-state index in [0.29, 0.717) is 18.1 Å². The molecule has 0 unspecified atom stereocenters. The monoisotopic (exact) mass is 286 g/mol. The molecule has 3 aromatic rings. The van der Waals surface area contributed by atoms with Gasteiger partial charge in [-0.15, -0.1) is 11.3 Å². The quantitative estimate of drug-likeness (QED) is 0.780. The van der Waals surface area contributed by atoms with Crippen molar-refractivity contribution in [2.75, 3.05) is 11.9 Å². The minimum atomic E-state index is 0.610. The molecule has 2 aromatic heterocycles. The Hall–Kier alpha value is -2.21. The molecule has 0 radical (unpaired) electrons. The molecule has 102 valence electrons. The standard InChI is InChI=1S/C14H14N4OS/c1-10-4-2-3-5-11(10)16-7-6-13-17-14(18-19-13)12-8-15-9-20-12/h2-5,8-9,16H,6-7H2,1H3. The van der Waals surface area contributed by atoms with Crippen LogP contribution in [0.1, 0.15) is 11.5 Å². The van der Waals surface area contributed by atoms with Crippen LogP contribution in [-0.2, 0) is 6.42 Å². The van der Waals surface area contributed by atoms with Gasteiger partial charge in [-0.3, -0.25) is 4.98 Å². The highest BCUT2D eigenvalue weighted by Gasteiger charge is 2.09. The first-order valence-electron chi connectivity index (χ1n) is 6.34. The SMILES string of the molecule is Cc1ccccc1NCCc1nc(-c2cncs2)no1. The maximum atomic E-state index is 5.23. The first-order valence-corrected chi connectivity index (χ1v) is 7.22. The lowest BCUT2D eigenvalue weighted by Gasteiger charge is -2.07. The van der Waals surface area contributed by atoms with Crippen LogP contribution in [0.3, 0.4) is 0 Å². The van der Waals surface area contributed by atoms with Crippen molar-refractivity contribution < 1.29 is 4.52 Å². The van der Waals surface area contributed by atoms with E-state index in [4.69, 9.17) is 4.52 Å². The van der Waals surface area contributed by atoms with Gasteiger partial charge in [0.2, 0.25) is 11.7 Å². The van der Waals surface area contributed by atoms with E-state index in [1.807, 2.05) is 12.1 Å².